The minimum atomic E-state index is -0.538. The van der Waals surface area contributed by atoms with Gasteiger partial charge in [0.05, 0.1) is 6.54 Å². The van der Waals surface area contributed by atoms with E-state index in [0.717, 1.165) is 37.0 Å². The summed E-state index contributed by atoms with van der Waals surface area (Å²) < 4.78 is 20.4. The summed E-state index contributed by atoms with van der Waals surface area (Å²) >= 11 is 0. The summed E-state index contributed by atoms with van der Waals surface area (Å²) in [7, 11) is 1.68. The van der Waals surface area contributed by atoms with Crippen LogP contribution in [0.25, 0.3) is 11.5 Å². The van der Waals surface area contributed by atoms with Crippen LogP contribution in [0.4, 0.5) is 4.39 Å². The van der Waals surface area contributed by atoms with Crippen molar-refractivity contribution in [3.63, 3.8) is 0 Å². The molecule has 0 radical (unpaired) electrons. The number of nitrogens with two attached hydrogens (primary N) is 2. The highest BCUT2D eigenvalue weighted by Crippen LogP contribution is 2.19. The smallest absolute Gasteiger partial charge is 0.213 e. The Labute approximate surface area is 159 Å². The molecule has 0 saturated heterocycles. The Bertz CT molecular complexity index is 797. The zero-order valence-electron chi connectivity index (χ0n) is 16.0. The average Bonchev–Trinajstić information content (AvgIpc) is 3.09. The Morgan fingerprint density at radius 3 is 2.81 bits per heavy atom. The molecule has 2 aromatic rings. The van der Waals surface area contributed by atoms with Crippen LogP contribution in [-0.2, 0) is 11.3 Å². The van der Waals surface area contributed by atoms with Gasteiger partial charge in [-0.25, -0.2) is 9.97 Å². The second-order valence-corrected chi connectivity index (χ2v) is 6.34. The Kier molecular flexibility index (Phi) is 8.00. The zero-order chi connectivity index (χ0) is 19.6. The third kappa shape index (κ3) is 6.21. The molecule has 0 bridgehead atoms. The Morgan fingerprint density at radius 2 is 2.11 bits per heavy atom. The van der Waals surface area contributed by atoms with Crippen LogP contribution < -0.4 is 11.5 Å². The zero-order valence-corrected chi connectivity index (χ0v) is 16.0. The van der Waals surface area contributed by atoms with Gasteiger partial charge in [0, 0.05) is 37.5 Å². The highest BCUT2D eigenvalue weighted by Gasteiger charge is 2.10. The number of ether oxygens (including phenoxy) is 1. The van der Waals surface area contributed by atoms with Crippen molar-refractivity contribution in [1.82, 2.24) is 14.5 Å². The largest absolute Gasteiger partial charge is 0.402 e. The number of pyridine rings is 1. The fourth-order valence-electron chi connectivity index (χ4n) is 2.80. The van der Waals surface area contributed by atoms with E-state index in [1.165, 1.54) is 6.07 Å². The Balaban J connectivity index is 2.23. The molecule has 6 nitrogen and oxygen atoms in total. The second-order valence-electron chi connectivity index (χ2n) is 6.34. The molecule has 2 aromatic heterocycles. The van der Waals surface area contributed by atoms with Gasteiger partial charge in [-0.05, 0) is 43.0 Å². The van der Waals surface area contributed by atoms with E-state index < -0.39 is 5.95 Å². The number of imidazole rings is 1. The van der Waals surface area contributed by atoms with E-state index in [9.17, 15) is 4.39 Å². The van der Waals surface area contributed by atoms with Gasteiger partial charge >= 0.3 is 0 Å². The van der Waals surface area contributed by atoms with Crippen LogP contribution in [-0.4, -0.2) is 28.3 Å². The highest BCUT2D eigenvalue weighted by molar-refractivity contribution is 5.49. The first kappa shape index (κ1) is 20.6. The molecule has 0 spiro atoms. The number of aromatic nitrogens is 3. The van der Waals surface area contributed by atoms with Crippen molar-refractivity contribution >= 4 is 0 Å². The number of hydrogen-bond acceptors (Lipinski definition) is 5. The predicted octanol–water partition coefficient (Wildman–Crippen LogP) is 3.37. The van der Waals surface area contributed by atoms with Crippen molar-refractivity contribution in [2.75, 3.05) is 13.7 Å². The highest BCUT2D eigenvalue weighted by atomic mass is 19.1. The summed E-state index contributed by atoms with van der Waals surface area (Å²) in [5.41, 5.74) is 15.5. The van der Waals surface area contributed by atoms with Gasteiger partial charge in [0.25, 0.3) is 0 Å². The van der Waals surface area contributed by atoms with Crippen molar-refractivity contribution in [2.24, 2.45) is 11.5 Å². The number of allylic oxidation sites excluding steroid dienone is 4. The van der Waals surface area contributed by atoms with Crippen LogP contribution in [0.5, 0.6) is 0 Å². The third-order valence-corrected chi connectivity index (χ3v) is 4.11. The van der Waals surface area contributed by atoms with Gasteiger partial charge < -0.3 is 20.8 Å². The molecular formula is C20H28FN5O. The van der Waals surface area contributed by atoms with Crippen LogP contribution in [0.15, 0.2) is 53.6 Å². The number of methoxy groups -OCH3 is 1. The molecule has 0 aliphatic carbocycles. The first-order valence-corrected chi connectivity index (χ1v) is 9.11. The van der Waals surface area contributed by atoms with Crippen molar-refractivity contribution in [1.29, 1.82) is 0 Å². The first-order chi connectivity index (χ1) is 13.0. The molecule has 0 amide bonds. The van der Waals surface area contributed by atoms with E-state index in [0.29, 0.717) is 30.4 Å². The lowest BCUT2D eigenvalue weighted by atomic mass is 10.1. The van der Waals surface area contributed by atoms with Crippen LogP contribution >= 0.6 is 0 Å². The van der Waals surface area contributed by atoms with E-state index in [-0.39, 0.29) is 0 Å². The molecule has 0 aliphatic heterocycles. The summed E-state index contributed by atoms with van der Waals surface area (Å²) in [6.45, 7) is 3.21. The quantitative estimate of drug-likeness (QED) is 0.378. The van der Waals surface area contributed by atoms with Gasteiger partial charge in [-0.1, -0.05) is 19.4 Å². The lowest BCUT2D eigenvalue weighted by Gasteiger charge is -2.12. The second kappa shape index (κ2) is 10.5. The van der Waals surface area contributed by atoms with Crippen molar-refractivity contribution in [3.8, 4) is 11.5 Å². The molecule has 2 heterocycles. The average molecular weight is 373 g/mol. The number of hydrogen-bond donors (Lipinski definition) is 2. The van der Waals surface area contributed by atoms with Gasteiger partial charge in [0.1, 0.15) is 5.69 Å². The molecule has 27 heavy (non-hydrogen) atoms. The fraction of sp³-hybridized carbons (Fsp3) is 0.400. The minimum absolute atomic E-state index is 0.435. The summed E-state index contributed by atoms with van der Waals surface area (Å²) in [5.74, 6) is 0.0364. The maximum atomic E-state index is 13.4. The predicted molar refractivity (Wildman–Crippen MR) is 105 cm³/mol. The molecule has 7 heteroatoms. The van der Waals surface area contributed by atoms with E-state index in [1.807, 2.05) is 16.8 Å². The standard InChI is InChI=1S/C20H28FN5O/c1-3-6-15(13-16(22)7-5-12-27-2)17(23)14-26-11-10-24-20(26)18-8-4-9-19(21)25-18/h4,8-11,13H,3,5-7,12,14,22-23H2,1-2H3/b16-13-,17-15-. The topological polar surface area (TPSA) is 92.0 Å². The SMILES string of the molecule is CCCC(/C=C(\N)CCCOC)=C(/N)Cn1ccnc1-c1cccc(F)n1. The summed E-state index contributed by atoms with van der Waals surface area (Å²) in [4.78, 5) is 8.20. The maximum absolute atomic E-state index is 13.4. The number of halogens is 1. The van der Waals surface area contributed by atoms with Crippen LogP contribution in [0, 0.1) is 5.95 Å². The molecule has 4 N–H and O–H groups in total. The summed E-state index contributed by atoms with van der Waals surface area (Å²) in [6.07, 6.45) is 8.85. The van der Waals surface area contributed by atoms with Gasteiger partial charge in [-0.15, -0.1) is 0 Å². The van der Waals surface area contributed by atoms with Crippen molar-refractivity contribution < 1.29 is 9.13 Å². The lowest BCUT2D eigenvalue weighted by Crippen LogP contribution is -2.12. The van der Waals surface area contributed by atoms with Crippen LogP contribution in [0.2, 0.25) is 0 Å². The van der Waals surface area contributed by atoms with Crippen LogP contribution in [0.1, 0.15) is 32.6 Å². The summed E-state index contributed by atoms with van der Waals surface area (Å²) in [5, 5.41) is 0. The maximum Gasteiger partial charge on any atom is 0.213 e. The Morgan fingerprint density at radius 1 is 1.30 bits per heavy atom. The number of nitrogens with zero attached hydrogens (tertiary/aromatic N) is 3. The fourth-order valence-corrected chi connectivity index (χ4v) is 2.80. The monoisotopic (exact) mass is 373 g/mol. The Hall–Kier alpha value is -2.67. The molecule has 0 atom stereocenters. The van der Waals surface area contributed by atoms with Gasteiger partial charge in [0.2, 0.25) is 5.95 Å². The minimum Gasteiger partial charge on any atom is -0.402 e. The normalized spacial score (nSPS) is 12.9. The molecule has 0 aliphatic rings. The van der Waals surface area contributed by atoms with E-state index in [2.05, 4.69) is 16.9 Å². The van der Waals surface area contributed by atoms with Crippen molar-refractivity contribution in [2.45, 2.75) is 39.2 Å². The van der Waals surface area contributed by atoms with Crippen LogP contribution in [0.3, 0.4) is 0 Å². The molecule has 0 aromatic carbocycles. The molecular weight excluding hydrogens is 345 g/mol. The van der Waals surface area contributed by atoms with Gasteiger partial charge in [0.15, 0.2) is 5.82 Å². The summed E-state index contributed by atoms with van der Waals surface area (Å²) in [6, 6.07) is 4.64. The molecule has 0 saturated carbocycles. The molecule has 0 fully saturated rings. The first-order valence-electron chi connectivity index (χ1n) is 9.11. The van der Waals surface area contributed by atoms with E-state index in [4.69, 9.17) is 16.2 Å². The van der Waals surface area contributed by atoms with Gasteiger partial charge in [-0.3, -0.25) is 0 Å². The number of rotatable bonds is 10. The lowest BCUT2D eigenvalue weighted by molar-refractivity contribution is 0.195. The molecule has 146 valence electrons. The van der Waals surface area contributed by atoms with E-state index in [1.54, 1.807) is 25.4 Å². The van der Waals surface area contributed by atoms with Gasteiger partial charge in [-0.2, -0.15) is 4.39 Å². The van der Waals surface area contributed by atoms with Crippen molar-refractivity contribution in [3.05, 3.63) is 59.6 Å². The molecule has 2 rings (SSSR count). The third-order valence-electron chi connectivity index (χ3n) is 4.11. The van der Waals surface area contributed by atoms with E-state index >= 15 is 0 Å². The molecule has 0 unspecified atom stereocenters.